The Bertz CT molecular complexity index is 721. The third-order valence-electron chi connectivity index (χ3n) is 3.90. The van der Waals surface area contributed by atoms with Gasteiger partial charge in [0.2, 0.25) is 0 Å². The Morgan fingerprint density at radius 1 is 1.48 bits per heavy atom. The Kier molecular flexibility index (Phi) is 4.81. The van der Waals surface area contributed by atoms with Gasteiger partial charge in [0.15, 0.2) is 0 Å². The van der Waals surface area contributed by atoms with Gasteiger partial charge in [-0.3, -0.25) is 4.98 Å². The fourth-order valence-electron chi connectivity index (χ4n) is 2.71. The summed E-state index contributed by atoms with van der Waals surface area (Å²) in [4.78, 5) is 15.9. The molecule has 0 radical (unpaired) electrons. The van der Waals surface area contributed by atoms with E-state index >= 15 is 0 Å². The summed E-state index contributed by atoms with van der Waals surface area (Å²) in [6.07, 6.45) is 4.15. The van der Waals surface area contributed by atoms with Crippen LogP contribution in [0.3, 0.4) is 0 Å². The number of ether oxygens (including phenoxy) is 2. The van der Waals surface area contributed by atoms with Gasteiger partial charge in [-0.2, -0.15) is 0 Å². The topological polar surface area (TPSA) is 60.5 Å². The number of rotatable bonds is 4. The number of hydrogen-bond donors (Lipinski definition) is 1. The van der Waals surface area contributed by atoms with Crippen LogP contribution >= 0.6 is 15.9 Å². The molecule has 3 rings (SSSR count). The summed E-state index contributed by atoms with van der Waals surface area (Å²) in [7, 11) is 1.37. The second-order valence-electron chi connectivity index (χ2n) is 5.31. The number of carbonyl (C=O) groups excluding carboxylic acids is 1. The van der Waals surface area contributed by atoms with Gasteiger partial charge in [-0.15, -0.1) is 0 Å². The Balaban J connectivity index is 1.77. The molecule has 1 aromatic heterocycles. The molecule has 2 aromatic rings. The molecule has 0 saturated carbocycles. The van der Waals surface area contributed by atoms with Crippen LogP contribution in [0.25, 0.3) is 0 Å². The number of carbonyl (C=O) groups is 1. The van der Waals surface area contributed by atoms with Gasteiger partial charge >= 0.3 is 5.97 Å². The number of benzene rings is 1. The van der Waals surface area contributed by atoms with Crippen LogP contribution < -0.4 is 10.1 Å². The molecule has 0 unspecified atom stereocenters. The number of esters is 1. The van der Waals surface area contributed by atoms with Gasteiger partial charge in [0, 0.05) is 23.1 Å². The monoisotopic (exact) mass is 376 g/mol. The van der Waals surface area contributed by atoms with Crippen LogP contribution in [0.1, 0.15) is 28.3 Å². The minimum atomic E-state index is -0.369. The lowest BCUT2D eigenvalue weighted by molar-refractivity contribution is 0.0601. The number of fused-ring (bicyclic) bond motifs is 1. The molecule has 0 fully saturated rings. The highest BCUT2D eigenvalue weighted by molar-refractivity contribution is 9.10. The second kappa shape index (κ2) is 7.00. The maximum Gasteiger partial charge on any atom is 0.340 e. The van der Waals surface area contributed by atoms with Crippen molar-refractivity contribution in [3.63, 3.8) is 0 Å². The van der Waals surface area contributed by atoms with Crippen LogP contribution in [0.15, 0.2) is 41.1 Å². The largest absolute Gasteiger partial charge is 0.493 e. The predicted octanol–water partition coefficient (Wildman–Crippen LogP) is 3.61. The Morgan fingerprint density at radius 3 is 3.17 bits per heavy atom. The van der Waals surface area contributed by atoms with Gasteiger partial charge in [0.05, 0.1) is 31.2 Å². The van der Waals surface area contributed by atoms with Crippen molar-refractivity contribution in [1.29, 1.82) is 0 Å². The van der Waals surface area contributed by atoms with Gasteiger partial charge in [-0.25, -0.2) is 4.79 Å². The highest BCUT2D eigenvalue weighted by Crippen LogP contribution is 2.35. The molecular weight excluding hydrogens is 360 g/mol. The summed E-state index contributed by atoms with van der Waals surface area (Å²) in [6.45, 7) is 1.39. The number of anilines is 1. The first-order valence-electron chi connectivity index (χ1n) is 7.37. The number of pyridine rings is 1. The maximum atomic E-state index is 11.8. The van der Waals surface area contributed by atoms with Crippen molar-refractivity contribution in [2.75, 3.05) is 25.6 Å². The number of hydrogen-bond acceptors (Lipinski definition) is 5. The summed E-state index contributed by atoms with van der Waals surface area (Å²) < 4.78 is 11.5. The molecule has 23 heavy (non-hydrogen) atoms. The maximum absolute atomic E-state index is 11.8. The Morgan fingerprint density at radius 2 is 2.35 bits per heavy atom. The molecule has 1 aromatic carbocycles. The van der Waals surface area contributed by atoms with Crippen molar-refractivity contribution in [2.24, 2.45) is 0 Å². The molecule has 120 valence electrons. The quantitative estimate of drug-likeness (QED) is 0.825. The van der Waals surface area contributed by atoms with Gasteiger partial charge in [-0.05, 0) is 30.2 Å². The predicted molar refractivity (Wildman–Crippen MR) is 91.1 cm³/mol. The van der Waals surface area contributed by atoms with E-state index in [0.29, 0.717) is 30.3 Å². The molecule has 5 nitrogen and oxygen atoms in total. The second-order valence-corrected chi connectivity index (χ2v) is 6.23. The van der Waals surface area contributed by atoms with E-state index < -0.39 is 0 Å². The number of methoxy groups -OCH3 is 1. The Hall–Kier alpha value is -2.08. The molecule has 1 N–H and O–H groups in total. The third kappa shape index (κ3) is 3.47. The fourth-order valence-corrected chi connectivity index (χ4v) is 3.05. The molecule has 0 spiro atoms. The third-order valence-corrected chi connectivity index (χ3v) is 4.40. The van der Waals surface area contributed by atoms with E-state index in [9.17, 15) is 4.79 Å². The normalized spacial score (nSPS) is 16.2. The molecule has 2 heterocycles. The lowest BCUT2D eigenvalue weighted by Gasteiger charge is -2.26. The molecule has 6 heteroatoms. The van der Waals surface area contributed by atoms with Crippen LogP contribution in [-0.2, 0) is 4.74 Å². The molecule has 0 aliphatic carbocycles. The highest BCUT2D eigenvalue weighted by atomic mass is 79.9. The van der Waals surface area contributed by atoms with E-state index in [-0.39, 0.29) is 5.97 Å². The number of aromatic nitrogens is 1. The van der Waals surface area contributed by atoms with Crippen molar-refractivity contribution in [1.82, 2.24) is 4.98 Å². The van der Waals surface area contributed by atoms with E-state index in [1.54, 1.807) is 18.5 Å². The smallest absolute Gasteiger partial charge is 0.340 e. The van der Waals surface area contributed by atoms with Crippen molar-refractivity contribution in [2.45, 2.75) is 12.3 Å². The minimum Gasteiger partial charge on any atom is -0.493 e. The van der Waals surface area contributed by atoms with Crippen molar-refractivity contribution < 1.29 is 14.3 Å². The van der Waals surface area contributed by atoms with Crippen LogP contribution in [0.5, 0.6) is 5.75 Å². The van der Waals surface area contributed by atoms with E-state index in [0.717, 1.165) is 16.6 Å². The summed E-state index contributed by atoms with van der Waals surface area (Å²) >= 11 is 3.46. The molecule has 1 aliphatic rings. The SMILES string of the molecule is COC(=O)c1ccncc1NC[C@@H]1CCOc2cc(Br)ccc21. The lowest BCUT2D eigenvalue weighted by atomic mass is 9.93. The first kappa shape index (κ1) is 15.8. The first-order chi connectivity index (χ1) is 11.2. The van der Waals surface area contributed by atoms with Gasteiger partial charge < -0.3 is 14.8 Å². The Labute approximate surface area is 143 Å². The zero-order chi connectivity index (χ0) is 16.2. The highest BCUT2D eigenvalue weighted by Gasteiger charge is 2.22. The van der Waals surface area contributed by atoms with Crippen molar-refractivity contribution in [3.8, 4) is 5.75 Å². The lowest BCUT2D eigenvalue weighted by Crippen LogP contribution is -2.21. The standard InChI is InChI=1S/C17H17BrN2O3/c1-22-17(21)14-4-6-19-10-15(14)20-9-11-5-7-23-16-8-12(18)2-3-13(11)16/h2-4,6,8,10-11,20H,5,7,9H2,1H3/t11-/m0/s1. The van der Waals surface area contributed by atoms with Crippen LogP contribution in [-0.4, -0.2) is 31.2 Å². The zero-order valence-electron chi connectivity index (χ0n) is 12.7. The summed E-state index contributed by atoms with van der Waals surface area (Å²) in [5, 5.41) is 3.32. The van der Waals surface area contributed by atoms with Gasteiger partial charge in [0.1, 0.15) is 5.75 Å². The van der Waals surface area contributed by atoms with E-state index in [1.165, 1.54) is 12.7 Å². The fraction of sp³-hybridized carbons (Fsp3) is 0.294. The van der Waals surface area contributed by atoms with E-state index in [4.69, 9.17) is 9.47 Å². The molecule has 0 saturated heterocycles. The van der Waals surface area contributed by atoms with Crippen molar-refractivity contribution in [3.05, 3.63) is 52.3 Å². The molecule has 1 atom stereocenters. The average molecular weight is 377 g/mol. The summed E-state index contributed by atoms with van der Waals surface area (Å²) in [5.41, 5.74) is 2.35. The zero-order valence-corrected chi connectivity index (χ0v) is 14.3. The number of nitrogens with zero attached hydrogens (tertiary/aromatic N) is 1. The molecule has 0 amide bonds. The summed E-state index contributed by atoms with van der Waals surface area (Å²) in [6, 6.07) is 7.74. The summed E-state index contributed by atoms with van der Waals surface area (Å²) in [5.74, 6) is 0.862. The van der Waals surface area contributed by atoms with Crippen LogP contribution in [0, 0.1) is 0 Å². The van der Waals surface area contributed by atoms with Gasteiger partial charge in [-0.1, -0.05) is 22.0 Å². The minimum absolute atomic E-state index is 0.317. The molecular formula is C17H17BrN2O3. The van der Waals surface area contributed by atoms with Crippen molar-refractivity contribution >= 4 is 27.6 Å². The van der Waals surface area contributed by atoms with E-state index in [1.807, 2.05) is 12.1 Å². The average Bonchev–Trinajstić information content (AvgIpc) is 2.59. The molecule has 1 aliphatic heterocycles. The first-order valence-corrected chi connectivity index (χ1v) is 8.17. The van der Waals surface area contributed by atoms with Crippen LogP contribution in [0.2, 0.25) is 0 Å². The van der Waals surface area contributed by atoms with Crippen LogP contribution in [0.4, 0.5) is 5.69 Å². The van der Waals surface area contributed by atoms with Gasteiger partial charge in [0.25, 0.3) is 0 Å². The van der Waals surface area contributed by atoms with E-state index in [2.05, 4.69) is 32.3 Å². The molecule has 0 bridgehead atoms. The number of nitrogens with one attached hydrogen (secondary N) is 1. The number of halogens is 1.